The minimum absolute atomic E-state index is 0.0109. The second-order valence-electron chi connectivity index (χ2n) is 12.1. The number of benzene rings is 2. The lowest BCUT2D eigenvalue weighted by Crippen LogP contribution is -2.39. The number of anilines is 1. The van der Waals surface area contributed by atoms with Gasteiger partial charge in [-0.2, -0.15) is 5.10 Å². The van der Waals surface area contributed by atoms with Crippen molar-refractivity contribution in [1.82, 2.24) is 9.78 Å². The molecule has 1 atom stereocenters. The second-order valence-corrected chi connectivity index (χ2v) is 14.0. The standard InChI is InChI=1S/C33H40Cl5N3O4/c1-5-6-7-8-9-10-11-12-13-14-17-45-32(44)20-15-16-22(34)23(18-20)40-31(43)29(30(42)33(2,3)4)41-28-21(19-39-41)24(35)25(36)26(37)27(28)38/h15-16,18-19,29H,5-14,17H2,1-4H3,(H,40,43). The highest BCUT2D eigenvalue weighted by Crippen LogP contribution is 2.44. The van der Waals surface area contributed by atoms with Crippen LogP contribution in [-0.2, 0) is 14.3 Å². The summed E-state index contributed by atoms with van der Waals surface area (Å²) in [7, 11) is 0. The first-order valence-electron chi connectivity index (χ1n) is 15.3. The van der Waals surface area contributed by atoms with Gasteiger partial charge in [-0.15, -0.1) is 0 Å². The molecule has 246 valence electrons. The van der Waals surface area contributed by atoms with Crippen LogP contribution in [-0.4, -0.2) is 34.0 Å². The Bertz CT molecular complexity index is 1520. The minimum atomic E-state index is -1.49. The van der Waals surface area contributed by atoms with E-state index in [1.807, 2.05) is 0 Å². The van der Waals surface area contributed by atoms with E-state index < -0.39 is 29.1 Å². The first kappa shape index (κ1) is 37.4. The zero-order chi connectivity index (χ0) is 33.3. The Balaban J connectivity index is 1.71. The zero-order valence-corrected chi connectivity index (χ0v) is 29.9. The van der Waals surface area contributed by atoms with Crippen LogP contribution in [0, 0.1) is 5.41 Å². The van der Waals surface area contributed by atoms with Crippen molar-refractivity contribution < 1.29 is 19.1 Å². The van der Waals surface area contributed by atoms with Crippen LogP contribution in [0.25, 0.3) is 10.9 Å². The fourth-order valence-electron chi connectivity index (χ4n) is 4.89. The first-order valence-corrected chi connectivity index (χ1v) is 17.2. The molecule has 0 saturated carbocycles. The predicted molar refractivity (Wildman–Crippen MR) is 185 cm³/mol. The van der Waals surface area contributed by atoms with Crippen molar-refractivity contribution in [2.24, 2.45) is 5.41 Å². The number of halogens is 5. The van der Waals surface area contributed by atoms with Crippen LogP contribution in [0.4, 0.5) is 5.69 Å². The highest BCUT2D eigenvalue weighted by atomic mass is 35.5. The number of Topliss-reactive ketones (excluding diaryl/α,β-unsaturated/α-hetero) is 1. The molecule has 0 radical (unpaired) electrons. The maximum Gasteiger partial charge on any atom is 0.338 e. The molecule has 1 heterocycles. The summed E-state index contributed by atoms with van der Waals surface area (Å²) in [6.45, 7) is 7.55. The molecule has 0 fully saturated rings. The molecule has 2 aromatic carbocycles. The number of hydrogen-bond acceptors (Lipinski definition) is 5. The number of nitrogens with zero attached hydrogens (tertiary/aromatic N) is 2. The summed E-state index contributed by atoms with van der Waals surface area (Å²) >= 11 is 31.8. The maximum absolute atomic E-state index is 13.8. The number of fused-ring (bicyclic) bond motifs is 1. The number of esters is 1. The van der Waals surface area contributed by atoms with Crippen LogP contribution in [0.5, 0.6) is 0 Å². The van der Waals surface area contributed by atoms with Crippen LogP contribution in [0.1, 0.15) is 108 Å². The third-order valence-electron chi connectivity index (χ3n) is 7.49. The van der Waals surface area contributed by atoms with Crippen LogP contribution in [0.15, 0.2) is 24.4 Å². The van der Waals surface area contributed by atoms with Crippen LogP contribution >= 0.6 is 58.0 Å². The van der Waals surface area contributed by atoms with E-state index in [1.54, 1.807) is 20.8 Å². The number of rotatable bonds is 16. The molecule has 3 aromatic rings. The van der Waals surface area contributed by atoms with E-state index >= 15 is 0 Å². The molecule has 7 nitrogen and oxygen atoms in total. The lowest BCUT2D eigenvalue weighted by Gasteiger charge is -2.25. The minimum Gasteiger partial charge on any atom is -0.462 e. The molecule has 12 heteroatoms. The number of unbranched alkanes of at least 4 members (excludes halogenated alkanes) is 9. The fraction of sp³-hybridized carbons (Fsp3) is 0.515. The van der Waals surface area contributed by atoms with Gasteiger partial charge in [0.1, 0.15) is 0 Å². The fourth-order valence-corrected chi connectivity index (χ4v) is 6.05. The number of carbonyl (C=O) groups is 3. The molecule has 1 amide bonds. The van der Waals surface area contributed by atoms with E-state index in [0.29, 0.717) is 12.0 Å². The van der Waals surface area contributed by atoms with Gasteiger partial charge in [0.15, 0.2) is 11.8 Å². The molecular weight excluding hydrogens is 680 g/mol. The summed E-state index contributed by atoms with van der Waals surface area (Å²) in [5.74, 6) is -1.76. The van der Waals surface area contributed by atoms with E-state index in [4.69, 9.17) is 62.7 Å². The quantitative estimate of drug-likeness (QED) is 0.0523. The number of ether oxygens (including phenoxy) is 1. The van der Waals surface area contributed by atoms with Crippen LogP contribution < -0.4 is 5.32 Å². The van der Waals surface area contributed by atoms with Gasteiger partial charge in [-0.1, -0.05) is 143 Å². The second kappa shape index (κ2) is 17.2. The van der Waals surface area contributed by atoms with E-state index in [-0.39, 0.29) is 41.9 Å². The topological polar surface area (TPSA) is 90.3 Å². The van der Waals surface area contributed by atoms with Gasteiger partial charge in [0, 0.05) is 10.8 Å². The van der Waals surface area contributed by atoms with Crippen molar-refractivity contribution in [3.63, 3.8) is 0 Å². The lowest BCUT2D eigenvalue weighted by atomic mass is 9.86. The molecule has 1 N–H and O–H groups in total. The largest absolute Gasteiger partial charge is 0.462 e. The van der Waals surface area contributed by atoms with Gasteiger partial charge >= 0.3 is 5.97 Å². The van der Waals surface area contributed by atoms with Crippen LogP contribution in [0.2, 0.25) is 25.1 Å². The molecule has 45 heavy (non-hydrogen) atoms. The van der Waals surface area contributed by atoms with E-state index in [9.17, 15) is 14.4 Å². The van der Waals surface area contributed by atoms with Crippen molar-refractivity contribution >= 4 is 92.3 Å². The van der Waals surface area contributed by atoms with Gasteiger partial charge in [-0.05, 0) is 24.6 Å². The van der Waals surface area contributed by atoms with Crippen molar-refractivity contribution in [2.75, 3.05) is 11.9 Å². The molecule has 3 rings (SSSR count). The number of hydrogen-bond donors (Lipinski definition) is 1. The number of carbonyl (C=O) groups excluding carboxylic acids is 3. The van der Waals surface area contributed by atoms with E-state index in [2.05, 4.69) is 17.3 Å². The monoisotopic (exact) mass is 717 g/mol. The Morgan fingerprint density at radius 2 is 1.42 bits per heavy atom. The predicted octanol–water partition coefficient (Wildman–Crippen LogP) is 11.2. The van der Waals surface area contributed by atoms with E-state index in [0.717, 1.165) is 19.3 Å². The smallest absolute Gasteiger partial charge is 0.338 e. The number of aromatic nitrogens is 2. The van der Waals surface area contributed by atoms with Gasteiger partial charge in [-0.25, -0.2) is 9.48 Å². The molecule has 0 spiro atoms. The van der Waals surface area contributed by atoms with Gasteiger partial charge in [0.05, 0.1) is 54.7 Å². The SMILES string of the molecule is CCCCCCCCCCCCOC(=O)c1ccc(Cl)c(NC(=O)C(C(=O)C(C)(C)C)n2ncc3c(Cl)c(Cl)c(Cl)c(Cl)c32)c1. The molecule has 0 bridgehead atoms. The average Bonchev–Trinajstić information content (AvgIpc) is 3.43. The Morgan fingerprint density at radius 3 is 2.02 bits per heavy atom. The Labute approximate surface area is 290 Å². The van der Waals surface area contributed by atoms with Gasteiger partial charge in [-0.3, -0.25) is 9.59 Å². The third-order valence-corrected chi connectivity index (χ3v) is 9.63. The summed E-state index contributed by atoms with van der Waals surface area (Å²) in [6, 6.07) is 2.93. The molecular formula is C33H40Cl5N3O4. The van der Waals surface area contributed by atoms with Gasteiger partial charge < -0.3 is 10.1 Å². The Morgan fingerprint density at radius 1 is 0.844 bits per heavy atom. The van der Waals surface area contributed by atoms with Crippen molar-refractivity contribution in [3.05, 3.63) is 55.1 Å². The van der Waals surface area contributed by atoms with E-state index in [1.165, 1.54) is 74.0 Å². The van der Waals surface area contributed by atoms with Gasteiger partial charge in [0.2, 0.25) is 0 Å². The molecule has 0 saturated heterocycles. The Hall–Kier alpha value is -2.03. The number of amides is 1. The highest BCUT2D eigenvalue weighted by molar-refractivity contribution is 6.55. The summed E-state index contributed by atoms with van der Waals surface area (Å²) in [4.78, 5) is 40.3. The van der Waals surface area contributed by atoms with Crippen molar-refractivity contribution in [3.8, 4) is 0 Å². The first-order chi connectivity index (χ1) is 21.3. The average molecular weight is 720 g/mol. The summed E-state index contributed by atoms with van der Waals surface area (Å²) in [6.07, 6.45) is 13.1. The normalized spacial score (nSPS) is 12.4. The molecule has 0 aliphatic carbocycles. The highest BCUT2D eigenvalue weighted by Gasteiger charge is 2.39. The maximum atomic E-state index is 13.8. The molecule has 1 unspecified atom stereocenters. The van der Waals surface area contributed by atoms with Gasteiger partial charge in [0.25, 0.3) is 5.91 Å². The summed E-state index contributed by atoms with van der Waals surface area (Å²) in [5, 5.41) is 7.53. The Kier molecular flexibility index (Phi) is 14.3. The lowest BCUT2D eigenvalue weighted by molar-refractivity contribution is -0.135. The summed E-state index contributed by atoms with van der Waals surface area (Å²) in [5.41, 5.74) is -0.453. The third kappa shape index (κ3) is 9.74. The summed E-state index contributed by atoms with van der Waals surface area (Å²) < 4.78 is 6.64. The molecule has 0 aliphatic heterocycles. The van der Waals surface area contributed by atoms with Crippen molar-refractivity contribution in [2.45, 2.75) is 97.9 Å². The molecule has 0 aliphatic rings. The zero-order valence-electron chi connectivity index (χ0n) is 26.1. The van der Waals surface area contributed by atoms with Crippen LogP contribution in [0.3, 0.4) is 0 Å². The number of ketones is 1. The number of nitrogens with one attached hydrogen (secondary N) is 1. The van der Waals surface area contributed by atoms with Crippen molar-refractivity contribution in [1.29, 1.82) is 0 Å². The molecule has 1 aromatic heterocycles.